The number of esters is 1. The highest BCUT2D eigenvalue weighted by molar-refractivity contribution is 7.47. The van der Waals surface area contributed by atoms with Gasteiger partial charge in [0.05, 0.1) is 33.8 Å². The van der Waals surface area contributed by atoms with Crippen LogP contribution in [0.5, 0.6) is 0 Å². The first kappa shape index (κ1) is 61.2. The fourth-order valence-electron chi connectivity index (χ4n) is 7.46. The molecule has 0 aromatic heterocycles. The van der Waals surface area contributed by atoms with E-state index in [2.05, 4.69) is 44.3 Å². The maximum absolute atomic E-state index is 13.4. The molecule has 0 aromatic carbocycles. The third-order valence-corrected chi connectivity index (χ3v) is 12.6. The number of nitrogens with one attached hydrogen (secondary N) is 1. The summed E-state index contributed by atoms with van der Waals surface area (Å²) in [4.78, 5) is 37.3. The molecule has 0 aliphatic carbocycles. The van der Waals surface area contributed by atoms with Crippen molar-refractivity contribution in [3.05, 3.63) is 36.5 Å². The Morgan fingerprint density at radius 3 is 1.46 bits per heavy atom. The van der Waals surface area contributed by atoms with Crippen molar-refractivity contribution in [1.82, 2.24) is 5.32 Å². The van der Waals surface area contributed by atoms with Crippen molar-refractivity contribution in [1.29, 1.82) is 0 Å². The second kappa shape index (κ2) is 44.1. The molecule has 2 N–H and O–H groups in total. The Bertz CT molecular complexity index is 1180. The zero-order valence-electron chi connectivity index (χ0n) is 42.1. The van der Waals surface area contributed by atoms with Crippen molar-refractivity contribution in [3.63, 3.8) is 0 Å². The Balaban J connectivity index is 5.48. The summed E-state index contributed by atoms with van der Waals surface area (Å²) in [5.74, 6) is -0.579. The minimum Gasteiger partial charge on any atom is -0.456 e. The average molecular weight is 910 g/mol. The molecule has 0 bridgehead atoms. The number of amides is 1. The highest BCUT2D eigenvalue weighted by Crippen LogP contribution is 2.43. The summed E-state index contributed by atoms with van der Waals surface area (Å²) >= 11 is 0. The maximum Gasteiger partial charge on any atom is 0.472 e. The third-order valence-electron chi connectivity index (χ3n) is 11.6. The summed E-state index contributed by atoms with van der Waals surface area (Å²) in [7, 11) is 1.47. The third kappa shape index (κ3) is 45.2. The lowest BCUT2D eigenvalue weighted by atomic mass is 10.0. The first-order valence-corrected chi connectivity index (χ1v) is 27.8. The Hall–Kier alpha value is -1.77. The first-order chi connectivity index (χ1) is 30.4. The van der Waals surface area contributed by atoms with Gasteiger partial charge in [-0.1, -0.05) is 212 Å². The molecule has 9 nitrogen and oxygen atoms in total. The number of quaternary nitrogens is 1. The van der Waals surface area contributed by atoms with E-state index in [1.165, 1.54) is 148 Å². The smallest absolute Gasteiger partial charge is 0.456 e. The molecule has 0 rings (SSSR count). The molecule has 3 atom stereocenters. The van der Waals surface area contributed by atoms with Gasteiger partial charge in [0, 0.05) is 12.8 Å². The molecule has 0 saturated carbocycles. The number of nitrogens with zero attached hydrogens (tertiary/aromatic N) is 1. The zero-order chi connectivity index (χ0) is 46.5. The number of allylic oxidation sites excluding steroid dienone is 5. The van der Waals surface area contributed by atoms with E-state index in [4.69, 9.17) is 13.8 Å². The maximum atomic E-state index is 13.4. The van der Waals surface area contributed by atoms with Gasteiger partial charge in [0.2, 0.25) is 5.91 Å². The number of likely N-dealkylation sites (N-methyl/N-ethyl adjacent to an activating group) is 1. The number of hydrogen-bond acceptors (Lipinski definition) is 6. The Kier molecular flexibility index (Phi) is 42.8. The molecule has 370 valence electrons. The monoisotopic (exact) mass is 910 g/mol. The summed E-state index contributed by atoms with van der Waals surface area (Å²) in [6.07, 6.45) is 50.1. The molecule has 10 heteroatoms. The molecule has 1 amide bonds. The van der Waals surface area contributed by atoms with E-state index in [9.17, 15) is 19.0 Å². The van der Waals surface area contributed by atoms with Gasteiger partial charge in [-0.25, -0.2) is 4.57 Å². The van der Waals surface area contributed by atoms with E-state index in [1.807, 2.05) is 39.4 Å². The summed E-state index contributed by atoms with van der Waals surface area (Å²) in [5.41, 5.74) is 0. The standard InChI is InChI=1S/C53H101N2O7P/c1-7-10-13-16-19-22-25-27-30-33-36-39-42-45-52(56)54-50(49-61-63(58,59)60-48-47-55(4,5)6)51(44-41-38-35-32-29-24-21-18-15-12-9-3)62-53(57)46-43-40-37-34-31-28-26-23-20-17-14-11-8-2/h27,30,36,39,41,44,50-51H,7-26,28-29,31-35,37-38,40,42-43,45-49H2,1-6H3,(H-,54,56,58,59)/p+1/b30-27-,39-36+,44-41+. The van der Waals surface area contributed by atoms with Gasteiger partial charge in [-0.2, -0.15) is 0 Å². The average Bonchev–Trinajstić information content (AvgIpc) is 3.23. The predicted octanol–water partition coefficient (Wildman–Crippen LogP) is 15.2. The number of carbonyl (C=O) groups is 2. The molecule has 0 aliphatic heterocycles. The number of carbonyl (C=O) groups excluding carboxylic acids is 2. The molecule has 0 aromatic rings. The SMILES string of the molecule is CCCCCCCC/C=C\C/C=C/CCC(=O)NC(COP(=O)(O)OCC[N+](C)(C)C)C(/C=C/CCCCCCCCCCC)OC(=O)CCCCCCCCCCCCCCC. The molecule has 0 saturated heterocycles. The van der Waals surface area contributed by atoms with Crippen molar-refractivity contribution in [2.24, 2.45) is 0 Å². The van der Waals surface area contributed by atoms with Crippen molar-refractivity contribution < 1.29 is 37.3 Å². The van der Waals surface area contributed by atoms with Gasteiger partial charge in [-0.15, -0.1) is 0 Å². The van der Waals surface area contributed by atoms with Crippen LogP contribution >= 0.6 is 7.82 Å². The van der Waals surface area contributed by atoms with Gasteiger partial charge >= 0.3 is 13.8 Å². The predicted molar refractivity (Wildman–Crippen MR) is 268 cm³/mol. The number of rotatable bonds is 47. The van der Waals surface area contributed by atoms with Crippen molar-refractivity contribution in [3.8, 4) is 0 Å². The molecule has 0 spiro atoms. The minimum atomic E-state index is -4.45. The van der Waals surface area contributed by atoms with E-state index in [-0.39, 0.29) is 37.9 Å². The van der Waals surface area contributed by atoms with Crippen molar-refractivity contribution in [2.45, 2.75) is 251 Å². The van der Waals surface area contributed by atoms with Crippen LogP contribution in [0.25, 0.3) is 0 Å². The lowest BCUT2D eigenvalue weighted by molar-refractivity contribution is -0.870. The van der Waals surface area contributed by atoms with Gasteiger partial charge in [0.25, 0.3) is 0 Å². The number of ether oxygens (including phenoxy) is 1. The number of unbranched alkanes of at least 4 members (excludes halogenated alkanes) is 27. The van der Waals surface area contributed by atoms with E-state index < -0.39 is 20.0 Å². The van der Waals surface area contributed by atoms with Crippen LogP contribution in [0.2, 0.25) is 0 Å². The van der Waals surface area contributed by atoms with Crippen LogP contribution in [0.3, 0.4) is 0 Å². The number of phosphoric acid groups is 1. The topological polar surface area (TPSA) is 111 Å². The quantitative estimate of drug-likeness (QED) is 0.0206. The van der Waals surface area contributed by atoms with Gasteiger partial charge in [0.15, 0.2) is 0 Å². The summed E-state index contributed by atoms with van der Waals surface area (Å²) in [6.45, 7) is 6.95. The Morgan fingerprint density at radius 2 is 0.984 bits per heavy atom. The Morgan fingerprint density at radius 1 is 0.556 bits per heavy atom. The van der Waals surface area contributed by atoms with E-state index in [1.54, 1.807) is 0 Å². The number of phosphoric ester groups is 1. The van der Waals surface area contributed by atoms with Crippen LogP contribution in [0, 0.1) is 0 Å². The highest BCUT2D eigenvalue weighted by atomic mass is 31.2. The number of hydrogen-bond donors (Lipinski definition) is 2. The van der Waals surface area contributed by atoms with Crippen molar-refractivity contribution in [2.75, 3.05) is 40.9 Å². The lowest BCUT2D eigenvalue weighted by Gasteiger charge is -2.27. The fraction of sp³-hybridized carbons (Fsp3) is 0.849. The highest BCUT2D eigenvalue weighted by Gasteiger charge is 2.30. The van der Waals surface area contributed by atoms with Crippen LogP contribution < -0.4 is 5.32 Å². The van der Waals surface area contributed by atoms with Crippen molar-refractivity contribution >= 4 is 19.7 Å². The molecule has 0 heterocycles. The van der Waals surface area contributed by atoms with E-state index in [0.29, 0.717) is 17.4 Å². The molecule has 3 unspecified atom stereocenters. The minimum absolute atomic E-state index is 0.0328. The summed E-state index contributed by atoms with van der Waals surface area (Å²) in [6, 6.07) is -0.871. The molecule has 63 heavy (non-hydrogen) atoms. The van der Waals surface area contributed by atoms with Gasteiger partial charge < -0.3 is 19.4 Å². The van der Waals surface area contributed by atoms with Gasteiger partial charge in [-0.05, 0) is 51.0 Å². The normalized spacial score (nSPS) is 14.2. The molecular formula is C53H102N2O7P+. The second-order valence-corrected chi connectivity index (χ2v) is 20.5. The van der Waals surface area contributed by atoms with E-state index in [0.717, 1.165) is 51.4 Å². The van der Waals surface area contributed by atoms with Gasteiger partial charge in [-0.3, -0.25) is 18.6 Å². The molecule has 0 fully saturated rings. The fourth-order valence-corrected chi connectivity index (χ4v) is 8.20. The van der Waals surface area contributed by atoms with Crippen LogP contribution in [0.1, 0.15) is 239 Å². The molecule has 0 radical (unpaired) electrons. The van der Waals surface area contributed by atoms with E-state index >= 15 is 0 Å². The second-order valence-electron chi connectivity index (χ2n) is 19.1. The molecular weight excluding hydrogens is 808 g/mol. The summed E-state index contributed by atoms with van der Waals surface area (Å²) < 4.78 is 30.4. The first-order valence-electron chi connectivity index (χ1n) is 26.3. The molecule has 0 aliphatic rings. The lowest BCUT2D eigenvalue weighted by Crippen LogP contribution is -2.47. The van der Waals surface area contributed by atoms with Crippen LogP contribution in [-0.4, -0.2) is 74.3 Å². The van der Waals surface area contributed by atoms with Gasteiger partial charge in [0.1, 0.15) is 19.3 Å². The van der Waals surface area contributed by atoms with Crippen LogP contribution in [0.15, 0.2) is 36.5 Å². The van der Waals surface area contributed by atoms with Crippen LogP contribution in [-0.2, 0) is 27.9 Å². The summed E-state index contributed by atoms with van der Waals surface area (Å²) in [5, 5.41) is 2.99. The van der Waals surface area contributed by atoms with Crippen LogP contribution in [0.4, 0.5) is 0 Å². The zero-order valence-corrected chi connectivity index (χ0v) is 43.0. The largest absolute Gasteiger partial charge is 0.472 e. The Labute approximate surface area is 389 Å².